The van der Waals surface area contributed by atoms with Crippen LogP contribution in [-0.4, -0.2) is 34.3 Å². The summed E-state index contributed by atoms with van der Waals surface area (Å²) >= 11 is 0. The zero-order valence-electron chi connectivity index (χ0n) is 19.8. The molecule has 0 fully saturated rings. The van der Waals surface area contributed by atoms with Crippen LogP contribution in [-0.2, 0) is 27.0 Å². The molecule has 0 aliphatic rings. The molecular formula is C25H36BO4Si. The fourth-order valence-electron chi connectivity index (χ4n) is 2.75. The normalized spacial score (nSPS) is 12.8. The van der Waals surface area contributed by atoms with E-state index in [1.807, 2.05) is 68.7 Å². The van der Waals surface area contributed by atoms with Crippen molar-refractivity contribution < 1.29 is 18.7 Å². The van der Waals surface area contributed by atoms with Crippen molar-refractivity contribution in [1.29, 1.82) is 0 Å². The lowest BCUT2D eigenvalue weighted by molar-refractivity contribution is -0.151. The van der Waals surface area contributed by atoms with E-state index in [0.29, 0.717) is 19.6 Å². The van der Waals surface area contributed by atoms with Crippen LogP contribution in [0.4, 0.5) is 0 Å². The van der Waals surface area contributed by atoms with Crippen molar-refractivity contribution in [2.75, 3.05) is 6.61 Å². The first kappa shape index (κ1) is 25.2. The largest absolute Gasteiger partial charge is 0.489 e. The third-order valence-corrected chi connectivity index (χ3v) is 10.2. The molecule has 0 saturated heterocycles. The average molecular weight is 439 g/mol. The zero-order chi connectivity index (χ0) is 22.9. The maximum absolute atomic E-state index is 12.8. The van der Waals surface area contributed by atoms with Crippen molar-refractivity contribution in [1.82, 2.24) is 0 Å². The van der Waals surface area contributed by atoms with Gasteiger partial charge < -0.3 is 13.9 Å². The second kappa shape index (κ2) is 11.5. The molecule has 0 N–H and O–H groups in total. The summed E-state index contributed by atoms with van der Waals surface area (Å²) in [6.07, 6.45) is 0.625. The van der Waals surface area contributed by atoms with Gasteiger partial charge in [0.2, 0.25) is 0 Å². The first-order chi connectivity index (χ1) is 14.6. The Kier molecular flexibility index (Phi) is 9.38. The summed E-state index contributed by atoms with van der Waals surface area (Å²) < 4.78 is 17.8. The van der Waals surface area contributed by atoms with Crippen molar-refractivity contribution in [3.8, 4) is 5.75 Å². The fraction of sp³-hybridized carbons (Fsp3) is 0.480. The Bertz CT molecular complexity index is 801. The summed E-state index contributed by atoms with van der Waals surface area (Å²) in [7, 11) is -0.135. The van der Waals surface area contributed by atoms with Crippen LogP contribution in [0.2, 0.25) is 31.3 Å². The van der Waals surface area contributed by atoms with Crippen molar-refractivity contribution in [2.45, 2.75) is 71.2 Å². The van der Waals surface area contributed by atoms with Gasteiger partial charge in [-0.1, -0.05) is 70.1 Å². The minimum Gasteiger partial charge on any atom is -0.489 e. The van der Waals surface area contributed by atoms with E-state index in [9.17, 15) is 4.79 Å². The number of benzene rings is 2. The molecule has 0 spiro atoms. The van der Waals surface area contributed by atoms with E-state index in [1.54, 1.807) is 0 Å². The van der Waals surface area contributed by atoms with Gasteiger partial charge in [0, 0.05) is 6.42 Å². The van der Waals surface area contributed by atoms with Gasteiger partial charge in [-0.2, -0.15) is 0 Å². The summed E-state index contributed by atoms with van der Waals surface area (Å²) in [5.41, 5.74) is 2.15. The monoisotopic (exact) mass is 439 g/mol. The molecule has 0 unspecified atom stereocenters. The number of rotatable bonds is 11. The molecule has 0 amide bonds. The second-order valence-corrected chi connectivity index (χ2v) is 14.1. The van der Waals surface area contributed by atoms with Gasteiger partial charge in [-0.3, -0.25) is 0 Å². The van der Waals surface area contributed by atoms with Crippen LogP contribution >= 0.6 is 0 Å². The lowest BCUT2D eigenvalue weighted by Crippen LogP contribution is -2.47. The average Bonchev–Trinajstić information content (AvgIpc) is 2.72. The number of carbonyl (C=O) groups excluding carboxylic acids is 1. The Morgan fingerprint density at radius 1 is 1.00 bits per heavy atom. The molecule has 1 atom stereocenters. The first-order valence-electron chi connectivity index (χ1n) is 11.0. The molecule has 4 nitrogen and oxygen atoms in total. The molecule has 0 bridgehead atoms. The molecule has 2 rings (SSSR count). The predicted molar refractivity (Wildman–Crippen MR) is 130 cm³/mol. The zero-order valence-corrected chi connectivity index (χ0v) is 20.8. The van der Waals surface area contributed by atoms with E-state index in [4.69, 9.17) is 13.9 Å². The number of hydrogen-bond donors (Lipinski definition) is 0. The first-order valence-corrected chi connectivity index (χ1v) is 13.9. The van der Waals surface area contributed by atoms with E-state index in [-0.39, 0.29) is 11.0 Å². The second-order valence-electron chi connectivity index (χ2n) is 9.35. The summed E-state index contributed by atoms with van der Waals surface area (Å²) in [5.74, 6) is 0.520. The summed E-state index contributed by atoms with van der Waals surface area (Å²) in [4.78, 5) is 12.8. The molecule has 0 aliphatic heterocycles. The summed E-state index contributed by atoms with van der Waals surface area (Å²) in [5, 5.41) is 0.0118. The van der Waals surface area contributed by atoms with Crippen LogP contribution in [0.5, 0.6) is 5.75 Å². The smallest absolute Gasteiger partial charge is 0.334 e. The van der Waals surface area contributed by atoms with Gasteiger partial charge >= 0.3 is 5.97 Å². The maximum Gasteiger partial charge on any atom is 0.334 e. The predicted octanol–water partition coefficient (Wildman–Crippen LogP) is 5.91. The Hall–Kier alpha value is -2.05. The maximum atomic E-state index is 12.8. The van der Waals surface area contributed by atoms with Gasteiger partial charge in [0.05, 0.1) is 6.61 Å². The van der Waals surface area contributed by atoms with Gasteiger partial charge in [0.25, 0.3) is 0 Å². The molecule has 2 aromatic rings. The Labute approximate surface area is 189 Å². The van der Waals surface area contributed by atoms with Crippen LogP contribution in [0, 0.1) is 0 Å². The van der Waals surface area contributed by atoms with E-state index in [2.05, 4.69) is 33.9 Å². The highest BCUT2D eigenvalue weighted by Gasteiger charge is 2.41. The van der Waals surface area contributed by atoms with Gasteiger partial charge in [0.15, 0.2) is 8.32 Å². The van der Waals surface area contributed by atoms with Crippen LogP contribution in [0.1, 0.15) is 31.9 Å². The van der Waals surface area contributed by atoms with Gasteiger partial charge in [-0.15, -0.1) is 0 Å². The van der Waals surface area contributed by atoms with Crippen LogP contribution < -0.4 is 4.74 Å². The standard InChI is InChI=1S/C25H36BO4Si/c1-25(2,3)31(5,6)30-23(24(27)28-17-16-26-4)18-20-12-14-22(15-13-20)29-19-21-10-8-7-9-11-21/h7-15,23H,16-19H2,1-6H3/t23-/m0/s1. The SMILES string of the molecule is C[B]CCOC(=O)[C@H](Cc1ccc(OCc2ccccc2)cc1)O[Si](C)(C)C(C)(C)C. The molecule has 0 aliphatic carbocycles. The Morgan fingerprint density at radius 3 is 2.23 bits per heavy atom. The Morgan fingerprint density at radius 2 is 1.65 bits per heavy atom. The number of hydrogen-bond acceptors (Lipinski definition) is 4. The Balaban J connectivity index is 2.05. The molecule has 31 heavy (non-hydrogen) atoms. The molecule has 2 aromatic carbocycles. The van der Waals surface area contributed by atoms with Crippen LogP contribution in [0.25, 0.3) is 0 Å². The molecule has 0 heterocycles. The minimum atomic E-state index is -2.13. The highest BCUT2D eigenvalue weighted by molar-refractivity contribution is 6.74. The quantitative estimate of drug-likeness (QED) is 0.248. The fourth-order valence-corrected chi connectivity index (χ4v) is 4.00. The van der Waals surface area contributed by atoms with Crippen LogP contribution in [0.15, 0.2) is 54.6 Å². The summed E-state index contributed by atoms with van der Waals surface area (Å²) in [6, 6.07) is 18.0. The van der Waals surface area contributed by atoms with Crippen molar-refractivity contribution in [2.24, 2.45) is 0 Å². The highest BCUT2D eigenvalue weighted by atomic mass is 28.4. The number of carbonyl (C=O) groups is 1. The van der Waals surface area contributed by atoms with E-state index >= 15 is 0 Å². The lowest BCUT2D eigenvalue weighted by atomic mass is 9.79. The highest BCUT2D eigenvalue weighted by Crippen LogP contribution is 2.37. The molecule has 167 valence electrons. The summed E-state index contributed by atoms with van der Waals surface area (Å²) in [6.45, 7) is 13.7. The van der Waals surface area contributed by atoms with Gasteiger partial charge in [-0.05, 0) is 47.7 Å². The molecular weight excluding hydrogens is 403 g/mol. The minimum absolute atomic E-state index is 0.0118. The molecule has 1 radical (unpaired) electrons. The topological polar surface area (TPSA) is 44.8 Å². The van der Waals surface area contributed by atoms with Crippen molar-refractivity contribution in [3.05, 3.63) is 65.7 Å². The van der Waals surface area contributed by atoms with E-state index < -0.39 is 14.4 Å². The van der Waals surface area contributed by atoms with E-state index in [1.165, 1.54) is 0 Å². The van der Waals surface area contributed by atoms with Crippen molar-refractivity contribution in [3.63, 3.8) is 0 Å². The third-order valence-electron chi connectivity index (χ3n) is 5.75. The van der Waals surface area contributed by atoms with Crippen molar-refractivity contribution >= 4 is 21.6 Å². The molecule has 6 heteroatoms. The lowest BCUT2D eigenvalue weighted by Gasteiger charge is -2.38. The van der Waals surface area contributed by atoms with Gasteiger partial charge in [-0.25, -0.2) is 4.79 Å². The number of esters is 1. The molecule has 0 saturated carbocycles. The van der Waals surface area contributed by atoms with Gasteiger partial charge in [0.1, 0.15) is 25.7 Å². The van der Waals surface area contributed by atoms with Crippen LogP contribution in [0.3, 0.4) is 0 Å². The third kappa shape index (κ3) is 8.19. The number of ether oxygens (including phenoxy) is 2. The van der Waals surface area contributed by atoms with E-state index in [0.717, 1.165) is 23.2 Å². The molecule has 0 aromatic heterocycles.